The Balaban J connectivity index is 2.59. The van der Waals surface area contributed by atoms with Crippen molar-refractivity contribution in [3.8, 4) is 16.9 Å². The summed E-state index contributed by atoms with van der Waals surface area (Å²) in [6, 6.07) is 3.52. The number of carbonyl (C=O) groups excluding carboxylic acids is 1. The molecule has 0 atom stereocenters. The standard InChI is InChI=1S/C12H13N3O2/c1-15-6-10(5-14-15)8-3-9(7-16)12(13)11(4-8)17-2/h3-7H,13H2,1-2H3. The summed E-state index contributed by atoms with van der Waals surface area (Å²) in [6.07, 6.45) is 4.30. The first kappa shape index (κ1) is 11.2. The highest BCUT2D eigenvalue weighted by atomic mass is 16.5. The first-order chi connectivity index (χ1) is 8.15. The molecule has 2 rings (SSSR count). The van der Waals surface area contributed by atoms with E-state index in [0.717, 1.165) is 17.4 Å². The van der Waals surface area contributed by atoms with Gasteiger partial charge in [0.1, 0.15) is 5.75 Å². The fraction of sp³-hybridized carbons (Fsp3) is 0.167. The second-order valence-electron chi connectivity index (χ2n) is 3.70. The summed E-state index contributed by atoms with van der Waals surface area (Å²) in [5.74, 6) is 0.494. The van der Waals surface area contributed by atoms with Crippen molar-refractivity contribution in [2.45, 2.75) is 0 Å². The maximum absolute atomic E-state index is 10.9. The molecule has 0 amide bonds. The number of nitrogens with zero attached hydrogens (tertiary/aromatic N) is 2. The Morgan fingerprint density at radius 1 is 1.41 bits per heavy atom. The van der Waals surface area contributed by atoms with E-state index in [4.69, 9.17) is 10.5 Å². The molecule has 5 heteroatoms. The summed E-state index contributed by atoms with van der Waals surface area (Å²) < 4.78 is 6.84. The second-order valence-corrected chi connectivity index (χ2v) is 3.70. The number of carbonyl (C=O) groups is 1. The van der Waals surface area contributed by atoms with Gasteiger partial charge in [0, 0.05) is 24.4 Å². The highest BCUT2D eigenvalue weighted by molar-refractivity contribution is 5.89. The zero-order valence-corrected chi connectivity index (χ0v) is 9.68. The molecule has 0 radical (unpaired) electrons. The van der Waals surface area contributed by atoms with Crippen LogP contribution in [0.1, 0.15) is 10.4 Å². The van der Waals surface area contributed by atoms with Gasteiger partial charge in [-0.2, -0.15) is 5.10 Å². The Labute approximate surface area is 98.8 Å². The number of aromatic nitrogens is 2. The minimum atomic E-state index is 0.357. The number of hydrogen-bond acceptors (Lipinski definition) is 4. The van der Waals surface area contributed by atoms with Gasteiger partial charge in [0.05, 0.1) is 19.0 Å². The molecule has 1 aromatic heterocycles. The maximum Gasteiger partial charge on any atom is 0.152 e. The molecule has 0 spiro atoms. The SMILES string of the molecule is COc1cc(-c2cnn(C)c2)cc(C=O)c1N. The van der Waals surface area contributed by atoms with Gasteiger partial charge in [0.25, 0.3) is 0 Å². The largest absolute Gasteiger partial charge is 0.495 e. The predicted octanol–water partition coefficient (Wildman–Crippen LogP) is 1.49. The summed E-state index contributed by atoms with van der Waals surface area (Å²) >= 11 is 0. The molecule has 0 aliphatic heterocycles. The van der Waals surface area contributed by atoms with Crippen LogP contribution in [-0.2, 0) is 7.05 Å². The molecule has 88 valence electrons. The first-order valence-electron chi connectivity index (χ1n) is 5.07. The zero-order valence-electron chi connectivity index (χ0n) is 9.68. The lowest BCUT2D eigenvalue weighted by Gasteiger charge is -2.08. The summed E-state index contributed by atoms with van der Waals surface area (Å²) in [5, 5.41) is 4.08. The maximum atomic E-state index is 10.9. The Morgan fingerprint density at radius 3 is 2.71 bits per heavy atom. The Bertz CT molecular complexity index is 561. The predicted molar refractivity (Wildman–Crippen MR) is 65.0 cm³/mol. The van der Waals surface area contributed by atoms with Crippen LogP contribution >= 0.6 is 0 Å². The summed E-state index contributed by atoms with van der Waals surface area (Å²) in [5.41, 5.74) is 8.32. The van der Waals surface area contributed by atoms with Crippen molar-refractivity contribution in [1.82, 2.24) is 9.78 Å². The molecule has 1 heterocycles. The monoisotopic (exact) mass is 231 g/mol. The van der Waals surface area contributed by atoms with Crippen molar-refractivity contribution >= 4 is 12.0 Å². The van der Waals surface area contributed by atoms with Gasteiger partial charge >= 0.3 is 0 Å². The van der Waals surface area contributed by atoms with Gasteiger partial charge < -0.3 is 10.5 Å². The van der Waals surface area contributed by atoms with Gasteiger partial charge in [0.2, 0.25) is 0 Å². The fourth-order valence-corrected chi connectivity index (χ4v) is 1.65. The van der Waals surface area contributed by atoms with E-state index in [-0.39, 0.29) is 0 Å². The number of nitrogens with two attached hydrogens (primary N) is 1. The average molecular weight is 231 g/mol. The second kappa shape index (κ2) is 4.29. The van der Waals surface area contributed by atoms with Crippen molar-refractivity contribution in [3.05, 3.63) is 30.1 Å². The van der Waals surface area contributed by atoms with E-state index >= 15 is 0 Å². The minimum absolute atomic E-state index is 0.357. The number of ether oxygens (including phenoxy) is 1. The molecule has 0 bridgehead atoms. The van der Waals surface area contributed by atoms with Gasteiger partial charge in [-0.1, -0.05) is 0 Å². The van der Waals surface area contributed by atoms with Crippen molar-refractivity contribution in [2.75, 3.05) is 12.8 Å². The lowest BCUT2D eigenvalue weighted by atomic mass is 10.0. The van der Waals surface area contributed by atoms with E-state index in [1.807, 2.05) is 13.2 Å². The van der Waals surface area contributed by atoms with Crippen LogP contribution in [0.4, 0.5) is 5.69 Å². The molecule has 17 heavy (non-hydrogen) atoms. The van der Waals surface area contributed by atoms with E-state index < -0.39 is 0 Å². The first-order valence-corrected chi connectivity index (χ1v) is 5.07. The molecule has 2 N–H and O–H groups in total. The lowest BCUT2D eigenvalue weighted by molar-refractivity contribution is 0.112. The third kappa shape index (κ3) is 1.99. The van der Waals surface area contributed by atoms with Crippen LogP contribution in [0, 0.1) is 0 Å². The molecular weight excluding hydrogens is 218 g/mol. The molecule has 0 aliphatic rings. The van der Waals surface area contributed by atoms with Crippen molar-refractivity contribution < 1.29 is 9.53 Å². The number of aryl methyl sites for hydroxylation is 1. The normalized spacial score (nSPS) is 10.2. The highest BCUT2D eigenvalue weighted by Crippen LogP contribution is 2.31. The van der Waals surface area contributed by atoms with Crippen molar-refractivity contribution in [1.29, 1.82) is 0 Å². The molecule has 0 fully saturated rings. The van der Waals surface area contributed by atoms with Crippen molar-refractivity contribution in [2.24, 2.45) is 7.05 Å². The third-order valence-electron chi connectivity index (χ3n) is 2.56. The van der Waals surface area contributed by atoms with Crippen molar-refractivity contribution in [3.63, 3.8) is 0 Å². The summed E-state index contributed by atoms with van der Waals surface area (Å²) in [7, 11) is 3.35. The number of nitrogen functional groups attached to an aromatic ring is 1. The molecule has 5 nitrogen and oxygen atoms in total. The van der Waals surface area contributed by atoms with Gasteiger partial charge in [0.15, 0.2) is 6.29 Å². The number of methoxy groups -OCH3 is 1. The fourth-order valence-electron chi connectivity index (χ4n) is 1.65. The van der Waals surface area contributed by atoms with E-state index in [2.05, 4.69) is 5.10 Å². The molecule has 2 aromatic rings. The zero-order chi connectivity index (χ0) is 12.4. The molecule has 0 saturated heterocycles. The van der Waals surface area contributed by atoms with E-state index in [0.29, 0.717) is 17.0 Å². The Kier molecular flexibility index (Phi) is 2.82. The molecular formula is C12H13N3O2. The number of anilines is 1. The smallest absolute Gasteiger partial charge is 0.152 e. The topological polar surface area (TPSA) is 70.1 Å². The highest BCUT2D eigenvalue weighted by Gasteiger charge is 2.10. The summed E-state index contributed by atoms with van der Waals surface area (Å²) in [4.78, 5) is 10.9. The molecule has 0 unspecified atom stereocenters. The van der Waals surface area contributed by atoms with E-state index in [1.165, 1.54) is 7.11 Å². The van der Waals surface area contributed by atoms with Crippen LogP contribution in [0.15, 0.2) is 24.5 Å². The van der Waals surface area contributed by atoms with Crippen LogP contribution in [0.2, 0.25) is 0 Å². The Hall–Kier alpha value is -2.30. The van der Waals surface area contributed by atoms with Gasteiger partial charge in [-0.3, -0.25) is 9.48 Å². The molecule has 0 aliphatic carbocycles. The quantitative estimate of drug-likeness (QED) is 0.641. The van der Waals surface area contributed by atoms with Gasteiger partial charge in [-0.25, -0.2) is 0 Å². The molecule has 0 saturated carbocycles. The lowest BCUT2D eigenvalue weighted by Crippen LogP contribution is -1.98. The molecule has 1 aromatic carbocycles. The average Bonchev–Trinajstić information content (AvgIpc) is 2.76. The number of hydrogen-bond donors (Lipinski definition) is 1. The Morgan fingerprint density at radius 2 is 2.18 bits per heavy atom. The van der Waals surface area contributed by atoms with E-state index in [1.54, 1.807) is 23.0 Å². The van der Waals surface area contributed by atoms with Crippen LogP contribution in [0.25, 0.3) is 11.1 Å². The van der Waals surface area contributed by atoms with Crippen LogP contribution in [0.3, 0.4) is 0 Å². The van der Waals surface area contributed by atoms with Crippen LogP contribution in [0.5, 0.6) is 5.75 Å². The number of benzene rings is 1. The number of rotatable bonds is 3. The van der Waals surface area contributed by atoms with Crippen LogP contribution < -0.4 is 10.5 Å². The van der Waals surface area contributed by atoms with Crippen LogP contribution in [-0.4, -0.2) is 23.2 Å². The third-order valence-corrected chi connectivity index (χ3v) is 2.56. The van der Waals surface area contributed by atoms with Gasteiger partial charge in [-0.05, 0) is 17.7 Å². The number of aldehydes is 1. The van der Waals surface area contributed by atoms with Gasteiger partial charge in [-0.15, -0.1) is 0 Å². The minimum Gasteiger partial charge on any atom is -0.495 e. The summed E-state index contributed by atoms with van der Waals surface area (Å²) in [6.45, 7) is 0. The van der Waals surface area contributed by atoms with E-state index in [9.17, 15) is 4.79 Å².